The zero-order valence-corrected chi connectivity index (χ0v) is 13.9. The molecule has 0 radical (unpaired) electrons. The number of rotatable bonds is 4. The van der Waals surface area contributed by atoms with Gasteiger partial charge in [0.1, 0.15) is 15.9 Å². The molecule has 1 aromatic heterocycles. The highest BCUT2D eigenvalue weighted by Gasteiger charge is 2.19. The molecule has 0 spiro atoms. The second kappa shape index (κ2) is 6.39. The molecule has 1 amide bonds. The molecular weight excluding hydrogens is 326 g/mol. The van der Waals surface area contributed by atoms with E-state index in [1.54, 1.807) is 31.5 Å². The number of halogens is 1. The van der Waals surface area contributed by atoms with Gasteiger partial charge in [-0.15, -0.1) is 0 Å². The quantitative estimate of drug-likeness (QED) is 0.851. The first kappa shape index (κ1) is 16.7. The number of carbonyl (C=O) groups excluding carboxylic acids is 2. The number of amides is 1. The first-order chi connectivity index (χ1) is 9.08. The maximum atomic E-state index is 11.6. The highest BCUT2D eigenvalue weighted by molar-refractivity contribution is 9.10. The summed E-state index contributed by atoms with van der Waals surface area (Å²) >= 11 is 3.24. The monoisotopic (exact) mass is 345 g/mol. The Morgan fingerprint density at radius 1 is 1.50 bits per heavy atom. The maximum absolute atomic E-state index is 11.6. The van der Waals surface area contributed by atoms with Crippen LogP contribution in [0, 0.1) is 0 Å². The molecule has 0 saturated heterocycles. The summed E-state index contributed by atoms with van der Waals surface area (Å²) in [6, 6.07) is 1.44. The fourth-order valence-corrected chi connectivity index (χ4v) is 2.03. The summed E-state index contributed by atoms with van der Waals surface area (Å²) in [7, 11) is 0. The first-order valence-corrected chi connectivity index (χ1v) is 7.11. The number of alkyl carbamates (subject to hydrolysis) is 1. The number of aromatic nitrogens is 2. The molecule has 0 aliphatic rings. The lowest BCUT2D eigenvalue weighted by molar-refractivity contribution is 0.0503. The lowest BCUT2D eigenvalue weighted by atomic mass is 10.2. The lowest BCUT2D eigenvalue weighted by Gasteiger charge is -2.22. The Balaban J connectivity index is 2.65. The SMILES string of the molecule is CC(=O)c1cc(Br)nn1C[C@H](C)NC(=O)OC(C)(C)C. The van der Waals surface area contributed by atoms with Crippen molar-refractivity contribution in [3.63, 3.8) is 0 Å². The van der Waals surface area contributed by atoms with Crippen LogP contribution in [0.25, 0.3) is 0 Å². The van der Waals surface area contributed by atoms with E-state index in [9.17, 15) is 9.59 Å². The van der Waals surface area contributed by atoms with Crippen molar-refractivity contribution in [1.82, 2.24) is 15.1 Å². The van der Waals surface area contributed by atoms with E-state index in [-0.39, 0.29) is 11.8 Å². The van der Waals surface area contributed by atoms with Gasteiger partial charge in [0.15, 0.2) is 5.78 Å². The van der Waals surface area contributed by atoms with Crippen molar-refractivity contribution >= 4 is 27.8 Å². The van der Waals surface area contributed by atoms with Crippen LogP contribution < -0.4 is 5.32 Å². The molecule has 0 aliphatic heterocycles. The largest absolute Gasteiger partial charge is 0.444 e. The fraction of sp³-hybridized carbons (Fsp3) is 0.615. The second-order valence-corrected chi connectivity index (χ2v) is 6.45. The van der Waals surface area contributed by atoms with E-state index in [0.717, 1.165) is 0 Å². The zero-order valence-electron chi connectivity index (χ0n) is 12.4. The molecule has 0 bridgehead atoms. The summed E-state index contributed by atoms with van der Waals surface area (Å²) < 4.78 is 7.33. The second-order valence-electron chi connectivity index (χ2n) is 5.64. The van der Waals surface area contributed by atoms with Crippen molar-refractivity contribution in [2.24, 2.45) is 0 Å². The minimum Gasteiger partial charge on any atom is -0.444 e. The number of nitrogens with one attached hydrogen (secondary N) is 1. The summed E-state index contributed by atoms with van der Waals surface area (Å²) in [6.07, 6.45) is -0.486. The Kier molecular flexibility index (Phi) is 5.33. The number of Topliss-reactive ketones (excluding diaryl/α,β-unsaturated/α-hetero) is 1. The number of carbonyl (C=O) groups is 2. The van der Waals surface area contributed by atoms with E-state index in [2.05, 4.69) is 26.3 Å². The number of hydrogen-bond donors (Lipinski definition) is 1. The van der Waals surface area contributed by atoms with Crippen molar-refractivity contribution in [2.75, 3.05) is 0 Å². The van der Waals surface area contributed by atoms with Crippen LogP contribution in [-0.4, -0.2) is 33.3 Å². The summed E-state index contributed by atoms with van der Waals surface area (Å²) in [5.41, 5.74) is -0.0435. The van der Waals surface area contributed by atoms with Crippen LogP contribution in [0.1, 0.15) is 45.1 Å². The van der Waals surface area contributed by atoms with E-state index >= 15 is 0 Å². The topological polar surface area (TPSA) is 73.2 Å². The standard InChI is InChI=1S/C13H20BrN3O3/c1-8(15-12(19)20-13(3,4)5)7-17-10(9(2)18)6-11(14)16-17/h6,8H,7H2,1-5H3,(H,15,19)/t8-/m0/s1. The third kappa shape index (κ3) is 5.32. The number of hydrogen-bond acceptors (Lipinski definition) is 4. The molecule has 112 valence electrons. The third-order valence-electron chi connectivity index (χ3n) is 2.32. The third-order valence-corrected chi connectivity index (χ3v) is 2.71. The van der Waals surface area contributed by atoms with Crippen LogP contribution in [0.2, 0.25) is 0 Å². The van der Waals surface area contributed by atoms with Gasteiger partial charge in [-0.25, -0.2) is 4.79 Å². The zero-order chi connectivity index (χ0) is 15.5. The average molecular weight is 346 g/mol. The van der Waals surface area contributed by atoms with Crippen LogP contribution in [0.3, 0.4) is 0 Å². The van der Waals surface area contributed by atoms with Crippen LogP contribution in [0.15, 0.2) is 10.7 Å². The van der Waals surface area contributed by atoms with Crippen molar-refractivity contribution in [3.8, 4) is 0 Å². The lowest BCUT2D eigenvalue weighted by Crippen LogP contribution is -2.40. The molecule has 1 N–H and O–H groups in total. The van der Waals surface area contributed by atoms with Gasteiger partial charge >= 0.3 is 6.09 Å². The van der Waals surface area contributed by atoms with Crippen molar-refractivity contribution in [2.45, 2.75) is 52.8 Å². The molecule has 0 aromatic carbocycles. The molecule has 6 nitrogen and oxygen atoms in total. The molecule has 1 atom stereocenters. The van der Waals surface area contributed by atoms with Crippen LogP contribution >= 0.6 is 15.9 Å². The van der Waals surface area contributed by atoms with Gasteiger partial charge in [0.05, 0.1) is 6.54 Å². The average Bonchev–Trinajstić information content (AvgIpc) is 2.55. The Bertz CT molecular complexity index is 505. The molecule has 1 rings (SSSR count). The predicted octanol–water partition coefficient (Wildman–Crippen LogP) is 2.76. The highest BCUT2D eigenvalue weighted by Crippen LogP contribution is 2.12. The molecule has 0 aliphatic carbocycles. The maximum Gasteiger partial charge on any atom is 0.407 e. The summed E-state index contributed by atoms with van der Waals surface area (Å²) in [5, 5.41) is 6.89. The molecule has 0 unspecified atom stereocenters. The van der Waals surface area contributed by atoms with Gasteiger partial charge in [-0.3, -0.25) is 9.48 Å². The summed E-state index contributed by atoms with van der Waals surface area (Å²) in [6.45, 7) is 9.09. The Labute approximate surface area is 127 Å². The molecular formula is C13H20BrN3O3. The van der Waals surface area contributed by atoms with Gasteiger partial charge in [-0.1, -0.05) is 0 Å². The van der Waals surface area contributed by atoms with Crippen molar-refractivity contribution in [1.29, 1.82) is 0 Å². The van der Waals surface area contributed by atoms with E-state index in [0.29, 0.717) is 16.8 Å². The number of ketones is 1. The molecule has 0 saturated carbocycles. The van der Waals surface area contributed by atoms with Crippen LogP contribution in [-0.2, 0) is 11.3 Å². The predicted molar refractivity (Wildman–Crippen MR) is 78.8 cm³/mol. The van der Waals surface area contributed by atoms with Gasteiger partial charge in [0.2, 0.25) is 0 Å². The Morgan fingerprint density at radius 3 is 2.60 bits per heavy atom. The molecule has 1 aromatic rings. The van der Waals surface area contributed by atoms with Crippen LogP contribution in [0.4, 0.5) is 4.79 Å². The summed E-state index contributed by atoms with van der Waals surface area (Å²) in [4.78, 5) is 23.1. The van der Waals surface area contributed by atoms with E-state index in [1.807, 2.05) is 6.92 Å². The first-order valence-electron chi connectivity index (χ1n) is 6.32. The smallest absolute Gasteiger partial charge is 0.407 e. The normalized spacial score (nSPS) is 12.9. The van der Waals surface area contributed by atoms with Gasteiger partial charge in [0.25, 0.3) is 0 Å². The van der Waals surface area contributed by atoms with Gasteiger partial charge in [-0.2, -0.15) is 5.10 Å². The van der Waals surface area contributed by atoms with Gasteiger partial charge in [0, 0.05) is 19.0 Å². The highest BCUT2D eigenvalue weighted by atomic mass is 79.9. The number of nitrogens with zero attached hydrogens (tertiary/aromatic N) is 2. The minimum absolute atomic E-state index is 0.0762. The van der Waals surface area contributed by atoms with Crippen LogP contribution in [0.5, 0.6) is 0 Å². The molecule has 0 fully saturated rings. The van der Waals surface area contributed by atoms with Crippen molar-refractivity contribution in [3.05, 3.63) is 16.4 Å². The van der Waals surface area contributed by atoms with Gasteiger partial charge < -0.3 is 10.1 Å². The van der Waals surface area contributed by atoms with E-state index in [1.165, 1.54) is 6.92 Å². The van der Waals surface area contributed by atoms with E-state index < -0.39 is 11.7 Å². The summed E-state index contributed by atoms with van der Waals surface area (Å²) in [5.74, 6) is -0.0762. The fourth-order valence-electron chi connectivity index (χ4n) is 1.62. The minimum atomic E-state index is -0.539. The molecule has 1 heterocycles. The van der Waals surface area contributed by atoms with Crippen molar-refractivity contribution < 1.29 is 14.3 Å². The Hall–Kier alpha value is -1.37. The molecule has 20 heavy (non-hydrogen) atoms. The van der Waals surface area contributed by atoms with E-state index in [4.69, 9.17) is 4.74 Å². The molecule has 7 heteroatoms. The Morgan fingerprint density at radius 2 is 2.10 bits per heavy atom. The number of ether oxygens (including phenoxy) is 1. The van der Waals surface area contributed by atoms with Gasteiger partial charge in [-0.05, 0) is 43.6 Å².